The monoisotopic (exact) mass is 769 g/mol. The second-order valence-electron chi connectivity index (χ2n) is 13.9. The van der Waals surface area contributed by atoms with Crippen LogP contribution in [0, 0.1) is 16.0 Å². The number of carbonyl (C=O) groups excluding carboxylic acids is 3. The summed E-state index contributed by atoms with van der Waals surface area (Å²) in [7, 11) is 0. The van der Waals surface area contributed by atoms with Crippen molar-refractivity contribution in [2.45, 2.75) is 36.3 Å². The van der Waals surface area contributed by atoms with Crippen molar-refractivity contribution in [3.8, 4) is 5.75 Å². The van der Waals surface area contributed by atoms with Crippen LogP contribution in [-0.4, -0.2) is 63.2 Å². The standard InChI is InChI=1S/C43H35N3O11/c47-22-23-55-31-15-9-14-29(24-31)38-43(32-16-7-8-17-33(32)44(41(43)51)42(52)56-25-26-18-20-30(21-19-26)46(53)54)34(39(48)49)36-40(50)57-37(28-12-5-2-6-13-28)35(45(36)38)27-10-3-1-4-11-27/h1-21,24,34-38,47H,22-23,25H2,(H,48,49)/t34-,35-,36-,37+,38+,43-/m0/s1. The SMILES string of the molecule is O=C1O[C@H](c2ccccc2)[C@H](c2ccccc2)N2[C@H]1[C@@H](C(=O)O)[C@]1(C(=O)N(C(=O)OCc3ccc([N+](=O)[O-])cc3)c3ccccc31)[C@H]2c1cccc(OCCO)c1. The van der Waals surface area contributed by atoms with Crippen molar-refractivity contribution in [3.05, 3.63) is 171 Å². The largest absolute Gasteiger partial charge is 0.491 e. The fraction of sp³-hybridized carbons (Fsp3) is 0.209. The maximum absolute atomic E-state index is 15.6. The predicted molar refractivity (Wildman–Crippen MR) is 202 cm³/mol. The van der Waals surface area contributed by atoms with Crippen molar-refractivity contribution in [2.75, 3.05) is 18.1 Å². The van der Waals surface area contributed by atoms with Crippen LogP contribution in [0.25, 0.3) is 0 Å². The van der Waals surface area contributed by atoms with E-state index < -0.39 is 64.4 Å². The maximum Gasteiger partial charge on any atom is 0.421 e. The van der Waals surface area contributed by atoms with Crippen LogP contribution in [0.2, 0.25) is 0 Å². The van der Waals surface area contributed by atoms with Crippen molar-refractivity contribution >= 4 is 35.3 Å². The third-order valence-electron chi connectivity index (χ3n) is 10.9. The third-order valence-corrected chi connectivity index (χ3v) is 10.9. The average molecular weight is 770 g/mol. The number of cyclic esters (lactones) is 1. The number of imide groups is 1. The first-order valence-electron chi connectivity index (χ1n) is 18.1. The number of rotatable bonds is 10. The average Bonchev–Trinajstić information content (AvgIpc) is 3.69. The number of ether oxygens (including phenoxy) is 3. The maximum atomic E-state index is 15.6. The van der Waals surface area contributed by atoms with Crippen LogP contribution >= 0.6 is 0 Å². The number of benzene rings is 5. The van der Waals surface area contributed by atoms with Gasteiger partial charge in [-0.2, -0.15) is 0 Å². The zero-order valence-corrected chi connectivity index (χ0v) is 30.1. The minimum absolute atomic E-state index is 0.0471. The number of para-hydroxylation sites is 1. The van der Waals surface area contributed by atoms with Crippen molar-refractivity contribution < 1.29 is 48.5 Å². The molecule has 14 heteroatoms. The number of aliphatic carboxylic acids is 1. The minimum atomic E-state index is -2.13. The first-order chi connectivity index (χ1) is 27.7. The molecule has 3 aliphatic rings. The first-order valence-corrected chi connectivity index (χ1v) is 18.1. The fourth-order valence-electron chi connectivity index (χ4n) is 8.68. The summed E-state index contributed by atoms with van der Waals surface area (Å²) in [6, 6.07) is 33.0. The quantitative estimate of drug-likeness (QED) is 0.0953. The topological polar surface area (TPSA) is 186 Å². The number of nitro groups is 1. The summed E-state index contributed by atoms with van der Waals surface area (Å²) in [6.07, 6.45) is -2.06. The number of carboxylic acid groups (broad SMARTS) is 1. The van der Waals surface area contributed by atoms with Gasteiger partial charge in [0.05, 0.1) is 29.3 Å². The molecule has 288 valence electrons. The number of aliphatic hydroxyl groups excluding tert-OH is 1. The second kappa shape index (κ2) is 15.0. The third kappa shape index (κ3) is 6.15. The minimum Gasteiger partial charge on any atom is -0.491 e. The van der Waals surface area contributed by atoms with Gasteiger partial charge in [0.25, 0.3) is 5.69 Å². The lowest BCUT2D eigenvalue weighted by Crippen LogP contribution is -2.53. The molecule has 3 aliphatic heterocycles. The van der Waals surface area contributed by atoms with Crippen molar-refractivity contribution in [1.29, 1.82) is 0 Å². The van der Waals surface area contributed by atoms with E-state index in [4.69, 9.17) is 14.2 Å². The first kappa shape index (κ1) is 37.0. The molecule has 8 rings (SSSR count). The molecule has 2 amide bonds. The van der Waals surface area contributed by atoms with E-state index in [2.05, 4.69) is 0 Å². The van der Waals surface area contributed by atoms with Gasteiger partial charge in [-0.3, -0.25) is 29.4 Å². The molecule has 5 aromatic carbocycles. The Bertz CT molecular complexity index is 2360. The van der Waals surface area contributed by atoms with E-state index >= 15 is 4.79 Å². The van der Waals surface area contributed by atoms with Crippen molar-refractivity contribution in [2.24, 2.45) is 5.92 Å². The summed E-state index contributed by atoms with van der Waals surface area (Å²) in [5.74, 6) is -4.72. The molecule has 2 saturated heterocycles. The fourth-order valence-corrected chi connectivity index (χ4v) is 8.68. The number of hydrogen-bond donors (Lipinski definition) is 2. The lowest BCUT2D eigenvalue weighted by atomic mass is 9.65. The number of carboxylic acids is 1. The number of morpholine rings is 1. The Morgan fingerprint density at radius 1 is 0.807 bits per heavy atom. The Balaban J connectivity index is 1.34. The van der Waals surface area contributed by atoms with Crippen molar-refractivity contribution in [3.63, 3.8) is 0 Å². The number of non-ortho nitro benzene ring substituents is 1. The van der Waals surface area contributed by atoms with Gasteiger partial charge in [-0.25, -0.2) is 9.69 Å². The molecular formula is C43H35N3O11. The molecule has 6 atom stereocenters. The van der Waals surface area contributed by atoms with Crippen LogP contribution in [0.4, 0.5) is 16.2 Å². The van der Waals surface area contributed by atoms with Crippen molar-refractivity contribution in [1.82, 2.24) is 4.90 Å². The van der Waals surface area contributed by atoms with Crippen LogP contribution in [-0.2, 0) is 35.9 Å². The van der Waals surface area contributed by atoms with Crippen LogP contribution in [0.3, 0.4) is 0 Å². The molecule has 14 nitrogen and oxygen atoms in total. The zero-order chi connectivity index (χ0) is 39.8. The summed E-state index contributed by atoms with van der Waals surface area (Å²) in [6.45, 7) is -0.688. The molecule has 0 bridgehead atoms. The lowest BCUT2D eigenvalue weighted by molar-refractivity contribution is -0.384. The number of hydrogen-bond acceptors (Lipinski definition) is 11. The van der Waals surface area contributed by atoms with Gasteiger partial charge in [-0.05, 0) is 58.1 Å². The van der Waals surface area contributed by atoms with E-state index in [9.17, 15) is 34.7 Å². The summed E-state index contributed by atoms with van der Waals surface area (Å²) in [5.41, 5.74) is 0.101. The summed E-state index contributed by atoms with van der Waals surface area (Å²) < 4.78 is 17.7. The predicted octanol–water partition coefficient (Wildman–Crippen LogP) is 6.05. The summed E-state index contributed by atoms with van der Waals surface area (Å²) >= 11 is 0. The number of amides is 2. The van der Waals surface area contributed by atoms with E-state index in [-0.39, 0.29) is 36.8 Å². The number of carbonyl (C=O) groups is 4. The second-order valence-corrected chi connectivity index (χ2v) is 13.9. The molecule has 0 saturated carbocycles. The van der Waals surface area contributed by atoms with Crippen LogP contribution < -0.4 is 9.64 Å². The number of aliphatic hydroxyl groups is 1. The smallest absolute Gasteiger partial charge is 0.421 e. The van der Waals surface area contributed by atoms with Gasteiger partial charge >= 0.3 is 18.0 Å². The Labute approximate surface area is 325 Å². The number of fused-ring (bicyclic) bond motifs is 3. The highest BCUT2D eigenvalue weighted by Gasteiger charge is 2.76. The number of esters is 1. The summed E-state index contributed by atoms with van der Waals surface area (Å²) in [4.78, 5) is 71.5. The summed E-state index contributed by atoms with van der Waals surface area (Å²) in [5, 5.41) is 32.1. The van der Waals surface area contributed by atoms with Gasteiger partial charge < -0.3 is 24.4 Å². The van der Waals surface area contributed by atoms with Gasteiger partial charge in [0.1, 0.15) is 42.4 Å². The number of nitro benzene ring substituents is 1. The molecule has 5 aromatic rings. The van der Waals surface area contributed by atoms with Gasteiger partial charge in [0, 0.05) is 12.1 Å². The number of anilines is 1. The van der Waals surface area contributed by atoms with Gasteiger partial charge in [-0.15, -0.1) is 0 Å². The van der Waals surface area contributed by atoms with E-state index in [1.165, 1.54) is 30.3 Å². The Kier molecular flexibility index (Phi) is 9.73. The molecule has 0 unspecified atom stereocenters. The Hall–Kier alpha value is -6.90. The van der Waals surface area contributed by atoms with Crippen LogP contribution in [0.5, 0.6) is 5.75 Å². The van der Waals surface area contributed by atoms with Gasteiger partial charge in [0.15, 0.2) is 0 Å². The molecule has 1 spiro atoms. The normalized spacial score (nSPS) is 23.7. The Morgan fingerprint density at radius 3 is 2.12 bits per heavy atom. The molecule has 57 heavy (non-hydrogen) atoms. The van der Waals surface area contributed by atoms with Gasteiger partial charge in [-0.1, -0.05) is 91.0 Å². The van der Waals surface area contributed by atoms with E-state index in [1.54, 1.807) is 59.5 Å². The van der Waals surface area contributed by atoms with Crippen LogP contribution in [0.15, 0.2) is 133 Å². The highest BCUT2D eigenvalue weighted by atomic mass is 16.6. The van der Waals surface area contributed by atoms with Gasteiger partial charge in [0.2, 0.25) is 5.91 Å². The molecule has 0 radical (unpaired) electrons. The van der Waals surface area contributed by atoms with E-state index in [1.807, 2.05) is 48.5 Å². The zero-order valence-electron chi connectivity index (χ0n) is 30.1. The highest BCUT2D eigenvalue weighted by Crippen LogP contribution is 2.65. The van der Waals surface area contributed by atoms with E-state index in [0.717, 1.165) is 4.90 Å². The molecule has 2 N–H and O–H groups in total. The van der Waals surface area contributed by atoms with E-state index in [0.29, 0.717) is 28.0 Å². The lowest BCUT2D eigenvalue weighted by Gasteiger charge is -2.46. The molecule has 2 fully saturated rings. The number of nitrogens with zero attached hydrogens (tertiary/aromatic N) is 3. The Morgan fingerprint density at radius 2 is 1.46 bits per heavy atom. The van der Waals surface area contributed by atoms with Crippen LogP contribution in [0.1, 0.15) is 46.0 Å². The molecular weight excluding hydrogens is 734 g/mol. The molecule has 3 heterocycles. The molecule has 0 aliphatic carbocycles. The molecule has 0 aromatic heterocycles. The highest BCUT2D eigenvalue weighted by molar-refractivity contribution is 6.23.